The topological polar surface area (TPSA) is 93.4 Å². The first-order chi connectivity index (χ1) is 9.52. The van der Waals surface area contributed by atoms with Gasteiger partial charge in [-0.15, -0.1) is 0 Å². The highest BCUT2D eigenvalue weighted by Gasteiger charge is 2.08. The maximum atomic E-state index is 11.7. The Hall–Kier alpha value is -2.55. The van der Waals surface area contributed by atoms with E-state index < -0.39 is 5.97 Å². The highest BCUT2D eigenvalue weighted by Crippen LogP contribution is 2.03. The van der Waals surface area contributed by atoms with Crippen molar-refractivity contribution in [2.24, 2.45) is 0 Å². The zero-order valence-electron chi connectivity index (χ0n) is 11.3. The molecule has 0 bridgehead atoms. The first-order valence-electron chi connectivity index (χ1n) is 6.22. The van der Waals surface area contributed by atoms with Crippen LogP contribution in [0.25, 0.3) is 0 Å². The van der Waals surface area contributed by atoms with Gasteiger partial charge in [-0.25, -0.2) is 4.79 Å². The summed E-state index contributed by atoms with van der Waals surface area (Å²) in [5.74, 6) is -0.864. The van der Waals surface area contributed by atoms with Gasteiger partial charge in [0.2, 0.25) is 0 Å². The minimum atomic E-state index is -0.864. The molecule has 2 N–H and O–H groups in total. The molecule has 1 rings (SSSR count). The molecule has 106 valence electrons. The number of urea groups is 1. The van der Waals surface area contributed by atoms with E-state index in [0.29, 0.717) is 25.1 Å². The van der Waals surface area contributed by atoms with Crippen LogP contribution < -0.4 is 5.32 Å². The van der Waals surface area contributed by atoms with Gasteiger partial charge in [-0.2, -0.15) is 5.26 Å². The summed E-state index contributed by atoms with van der Waals surface area (Å²) in [5, 5.41) is 19.9. The second-order valence-electron chi connectivity index (χ2n) is 4.39. The van der Waals surface area contributed by atoms with Crippen molar-refractivity contribution in [3.05, 3.63) is 35.4 Å². The smallest absolute Gasteiger partial charge is 0.317 e. The largest absolute Gasteiger partial charge is 0.481 e. The van der Waals surface area contributed by atoms with Crippen molar-refractivity contribution in [3.8, 4) is 6.07 Å². The zero-order valence-corrected chi connectivity index (χ0v) is 11.3. The van der Waals surface area contributed by atoms with Crippen LogP contribution in [-0.4, -0.2) is 35.6 Å². The van der Waals surface area contributed by atoms with E-state index in [-0.39, 0.29) is 12.5 Å². The first kappa shape index (κ1) is 15.5. The molecule has 0 radical (unpaired) electrons. The number of hydrogen-bond donors (Lipinski definition) is 2. The zero-order chi connectivity index (χ0) is 15.0. The maximum absolute atomic E-state index is 11.7. The van der Waals surface area contributed by atoms with E-state index in [1.165, 1.54) is 4.90 Å². The molecule has 0 aliphatic heterocycles. The molecule has 0 aromatic heterocycles. The molecule has 0 atom stereocenters. The van der Waals surface area contributed by atoms with Crippen molar-refractivity contribution in [1.29, 1.82) is 5.26 Å². The number of aliphatic carboxylic acids is 1. The van der Waals surface area contributed by atoms with Crippen LogP contribution in [0.4, 0.5) is 4.79 Å². The molecular weight excluding hydrogens is 258 g/mol. The van der Waals surface area contributed by atoms with E-state index in [4.69, 9.17) is 10.4 Å². The van der Waals surface area contributed by atoms with Gasteiger partial charge in [0.1, 0.15) is 0 Å². The van der Waals surface area contributed by atoms with Gasteiger partial charge in [-0.1, -0.05) is 12.1 Å². The summed E-state index contributed by atoms with van der Waals surface area (Å²) in [7, 11) is 1.62. The standard InChI is InChI=1S/C14H17N3O3/c1-17(8-2-3-13(18)19)14(20)16-10-12-6-4-11(9-15)5-7-12/h4-7H,2-3,8,10H2,1H3,(H,16,20)(H,18,19). The monoisotopic (exact) mass is 275 g/mol. The summed E-state index contributed by atoms with van der Waals surface area (Å²) < 4.78 is 0. The minimum Gasteiger partial charge on any atom is -0.481 e. The van der Waals surface area contributed by atoms with Gasteiger partial charge in [-0.05, 0) is 24.1 Å². The van der Waals surface area contributed by atoms with Crippen molar-refractivity contribution in [1.82, 2.24) is 10.2 Å². The van der Waals surface area contributed by atoms with Gasteiger partial charge in [0, 0.05) is 26.6 Å². The maximum Gasteiger partial charge on any atom is 0.317 e. The SMILES string of the molecule is CN(CCCC(=O)O)C(=O)NCc1ccc(C#N)cc1. The average molecular weight is 275 g/mol. The van der Waals surface area contributed by atoms with Gasteiger partial charge >= 0.3 is 12.0 Å². The number of hydrogen-bond acceptors (Lipinski definition) is 3. The van der Waals surface area contributed by atoms with E-state index in [2.05, 4.69) is 5.32 Å². The lowest BCUT2D eigenvalue weighted by molar-refractivity contribution is -0.137. The summed E-state index contributed by atoms with van der Waals surface area (Å²) in [6, 6.07) is 8.72. The second kappa shape index (κ2) is 7.79. The molecule has 0 aliphatic rings. The Kier molecular flexibility index (Phi) is 6.04. The fourth-order valence-electron chi connectivity index (χ4n) is 1.58. The molecule has 0 saturated heterocycles. The summed E-state index contributed by atoms with van der Waals surface area (Å²) in [6.07, 6.45) is 0.476. The number of carbonyl (C=O) groups excluding carboxylic acids is 1. The average Bonchev–Trinajstić information content (AvgIpc) is 2.44. The fourth-order valence-corrected chi connectivity index (χ4v) is 1.58. The van der Waals surface area contributed by atoms with Crippen molar-refractivity contribution >= 4 is 12.0 Å². The lowest BCUT2D eigenvalue weighted by Gasteiger charge is -2.17. The summed E-state index contributed by atoms with van der Waals surface area (Å²) in [6.45, 7) is 0.763. The molecular formula is C14H17N3O3. The van der Waals surface area contributed by atoms with Gasteiger partial charge in [0.05, 0.1) is 11.6 Å². The van der Waals surface area contributed by atoms with Gasteiger partial charge in [-0.3, -0.25) is 4.79 Å². The predicted molar refractivity (Wildman–Crippen MR) is 72.9 cm³/mol. The molecule has 1 aromatic rings. The highest BCUT2D eigenvalue weighted by molar-refractivity contribution is 5.74. The number of rotatable bonds is 6. The lowest BCUT2D eigenvalue weighted by atomic mass is 10.1. The summed E-state index contributed by atoms with van der Waals surface area (Å²) in [5.41, 5.74) is 1.47. The number of benzene rings is 1. The third-order valence-corrected chi connectivity index (χ3v) is 2.76. The van der Waals surface area contributed by atoms with Crippen molar-refractivity contribution < 1.29 is 14.7 Å². The van der Waals surface area contributed by atoms with Crippen molar-refractivity contribution in [2.45, 2.75) is 19.4 Å². The Morgan fingerprint density at radius 1 is 1.35 bits per heavy atom. The molecule has 0 aliphatic carbocycles. The van der Waals surface area contributed by atoms with Crippen LogP contribution in [0.1, 0.15) is 24.0 Å². The van der Waals surface area contributed by atoms with Crippen molar-refractivity contribution in [2.75, 3.05) is 13.6 Å². The molecule has 20 heavy (non-hydrogen) atoms. The number of carbonyl (C=O) groups is 2. The number of carboxylic acids is 1. The van der Waals surface area contributed by atoms with Gasteiger partial charge in [0.25, 0.3) is 0 Å². The van der Waals surface area contributed by atoms with Crippen LogP contribution in [-0.2, 0) is 11.3 Å². The first-order valence-corrected chi connectivity index (χ1v) is 6.22. The number of nitriles is 1. The van der Waals surface area contributed by atoms with Crippen LogP contribution in [0.2, 0.25) is 0 Å². The van der Waals surface area contributed by atoms with Gasteiger partial charge in [0.15, 0.2) is 0 Å². The number of nitrogens with zero attached hydrogens (tertiary/aromatic N) is 2. The van der Waals surface area contributed by atoms with E-state index >= 15 is 0 Å². The Balaban J connectivity index is 2.34. The Bertz CT molecular complexity index is 505. The normalized spacial score (nSPS) is 9.60. The Morgan fingerprint density at radius 3 is 2.55 bits per heavy atom. The summed E-state index contributed by atoms with van der Waals surface area (Å²) >= 11 is 0. The van der Waals surface area contributed by atoms with E-state index in [1.807, 2.05) is 6.07 Å². The van der Waals surface area contributed by atoms with Crippen LogP contribution >= 0.6 is 0 Å². The molecule has 6 heteroatoms. The van der Waals surface area contributed by atoms with Crippen molar-refractivity contribution in [3.63, 3.8) is 0 Å². The molecule has 0 fully saturated rings. The molecule has 1 aromatic carbocycles. The molecule has 2 amide bonds. The number of amides is 2. The quantitative estimate of drug-likeness (QED) is 0.824. The molecule has 0 heterocycles. The summed E-state index contributed by atoms with van der Waals surface area (Å²) in [4.78, 5) is 23.6. The van der Waals surface area contributed by atoms with E-state index in [0.717, 1.165) is 5.56 Å². The van der Waals surface area contributed by atoms with E-state index in [9.17, 15) is 9.59 Å². The van der Waals surface area contributed by atoms with E-state index in [1.54, 1.807) is 31.3 Å². The third kappa shape index (κ3) is 5.40. The van der Waals surface area contributed by atoms with Crippen LogP contribution in [0.3, 0.4) is 0 Å². The lowest BCUT2D eigenvalue weighted by Crippen LogP contribution is -2.37. The molecule has 0 unspecified atom stereocenters. The molecule has 0 spiro atoms. The highest BCUT2D eigenvalue weighted by atomic mass is 16.4. The van der Waals surface area contributed by atoms with Crippen LogP contribution in [0, 0.1) is 11.3 Å². The van der Waals surface area contributed by atoms with Crippen LogP contribution in [0.5, 0.6) is 0 Å². The second-order valence-corrected chi connectivity index (χ2v) is 4.39. The molecule has 6 nitrogen and oxygen atoms in total. The van der Waals surface area contributed by atoms with Crippen LogP contribution in [0.15, 0.2) is 24.3 Å². The Morgan fingerprint density at radius 2 is 2.00 bits per heavy atom. The molecule has 0 saturated carbocycles. The Labute approximate surface area is 117 Å². The number of carboxylic acid groups (broad SMARTS) is 1. The number of nitrogens with one attached hydrogen (secondary N) is 1. The predicted octanol–water partition coefficient (Wildman–Crippen LogP) is 1.56. The van der Waals surface area contributed by atoms with Gasteiger partial charge < -0.3 is 15.3 Å². The third-order valence-electron chi connectivity index (χ3n) is 2.76. The fraction of sp³-hybridized carbons (Fsp3) is 0.357. The minimum absolute atomic E-state index is 0.0489.